The average molecular weight is 1740 g/mol. The van der Waals surface area contributed by atoms with Crippen LogP contribution in [0.15, 0.2) is 163 Å². The molecule has 44 nitrogen and oxygen atoms in total. The van der Waals surface area contributed by atoms with Gasteiger partial charge in [0.25, 0.3) is 0 Å². The van der Waals surface area contributed by atoms with Crippen LogP contribution in [0.1, 0.15) is 141 Å². The maximum Gasteiger partial charge on any atom is 0.379 e. The van der Waals surface area contributed by atoms with Crippen molar-refractivity contribution in [1.82, 2.24) is 20.9 Å². The fraction of sp³-hybridized carbons (Fsp3) is 0.272. The van der Waals surface area contributed by atoms with Gasteiger partial charge in [0.15, 0.2) is 6.29 Å². The van der Waals surface area contributed by atoms with Gasteiger partial charge in [-0.2, -0.15) is 0 Å². The molecule has 0 fully saturated rings. The Bertz CT molecular complexity index is 5060. The molecule has 8 aromatic rings. The zero-order chi connectivity index (χ0) is 93.2. The highest BCUT2D eigenvalue weighted by molar-refractivity contribution is 5.98. The van der Waals surface area contributed by atoms with Crippen molar-refractivity contribution in [3.63, 3.8) is 0 Å². The Hall–Kier alpha value is -16.2. The highest BCUT2D eigenvalue weighted by atomic mass is 16.6. The van der Waals surface area contributed by atoms with Gasteiger partial charge in [0.2, 0.25) is 46.7 Å². The molecule has 0 aliphatic rings. The molecule has 0 saturated carbocycles. The largest absolute Gasteiger partial charge is 0.481 e. The second-order valence-electron chi connectivity index (χ2n) is 27.2. The number of aliphatic carboxylic acids is 7. The van der Waals surface area contributed by atoms with Crippen LogP contribution in [0.25, 0.3) is 0 Å². The van der Waals surface area contributed by atoms with E-state index in [1.807, 2.05) is 0 Å². The highest BCUT2D eigenvalue weighted by Crippen LogP contribution is 2.24. The number of carbonyl (C=O) groups excluding carboxylic acids is 8. The van der Waals surface area contributed by atoms with Crippen molar-refractivity contribution in [2.75, 3.05) is 13.1 Å². The van der Waals surface area contributed by atoms with Gasteiger partial charge in [0, 0.05) is 78.0 Å². The summed E-state index contributed by atoms with van der Waals surface area (Å²) in [6, 6.07) is 31.2. The second-order valence-corrected chi connectivity index (χ2v) is 27.2. The number of rotatable bonds is 41. The van der Waals surface area contributed by atoms with Gasteiger partial charge in [-0.25, -0.2) is 28.8 Å². The van der Waals surface area contributed by atoms with Gasteiger partial charge in [-0.05, 0) is 152 Å². The molecule has 4 heterocycles. The van der Waals surface area contributed by atoms with Gasteiger partial charge in [0.05, 0.1) is 18.9 Å². The summed E-state index contributed by atoms with van der Waals surface area (Å²) in [5, 5.41) is 117. The number of aliphatic hydroxyl groups is 2. The van der Waals surface area contributed by atoms with E-state index in [1.54, 1.807) is 6.92 Å². The SMILES string of the molecule is CC(Cc1ccc(C(=O)Oc2ccc(C(=N)N)cc2)o1)C(=O)N(CC(=O)O)CC(=O)O.CC(Cc1ccc(C(=O)Oc2ccc(C(=N)N)cc2)o1)C(=O)N[C@@H](CC(=O)O)C(=O)O.CC(Cc1ccc(C(=O)Oc2ccc(C(=N)N)cc2)o1)C(=O)N[C@@H](CCC(=O)O)C(O)O.CC(Cc1ccc(C(=O)Oc2ccc(C(=N)N)cc2)o1)C(=O)N[C@H](CC(=O)O)C(=O)O. The molecule has 0 bridgehead atoms. The van der Waals surface area contributed by atoms with Crippen molar-refractivity contribution in [3.8, 4) is 23.0 Å². The molecule has 0 aliphatic carbocycles. The Morgan fingerprint density at radius 3 is 0.816 bits per heavy atom. The lowest BCUT2D eigenvalue weighted by Crippen LogP contribution is -2.45. The fourth-order valence-electron chi connectivity index (χ4n) is 10.5. The number of aliphatic hydroxyl groups excluding tert-OH is 1. The molecule has 4 unspecified atom stereocenters. The van der Waals surface area contributed by atoms with Crippen LogP contribution in [-0.4, -0.2) is 201 Å². The van der Waals surface area contributed by atoms with E-state index in [2.05, 4.69) is 16.0 Å². The Labute approximate surface area is 707 Å². The van der Waals surface area contributed by atoms with Crippen molar-refractivity contribution in [2.45, 2.75) is 103 Å². The van der Waals surface area contributed by atoms with E-state index < -0.39 is 163 Å². The summed E-state index contributed by atoms with van der Waals surface area (Å²) in [7, 11) is 0. The standard InChI is InChI=1S/C21H25N3O8.3C20H21N3O8/c1-11(19(27)24-15(20(28)29)7-9-17(25)26)10-14-6-8-16(31-14)21(30)32-13-4-2-12(3-5-13)18(22)23;1-11(19(28)23(9-16(24)25)10-17(26)27)8-14-6-7-15(30-14)20(29)31-13-4-2-12(3-5-13)18(21)22;2*1-10(18(26)23-14(19(27)28)9-16(24)25)8-13-6-7-15(30-13)20(29)31-12-4-2-11(3-5-12)17(21)22/h2-6,8,11,15,20,28-29H,7,9-10H2,1H3,(H3,22,23)(H,24,27)(H,25,26);2-7,11H,8-10H2,1H3,(H3,21,22)(H,24,25)(H,26,27);2*2-7,10,14H,8-9H2,1H3,(H3,21,22)(H,23,26)(H,24,25)(H,27,28)/t11?,15-;;2*10?,14-/m0.10/s1. The Morgan fingerprint density at radius 1 is 0.352 bits per heavy atom. The lowest BCUT2D eigenvalue weighted by atomic mass is 10.0. The average Bonchev–Trinajstić information content (AvgIpc) is 1.76. The molecule has 0 saturated heterocycles. The quantitative estimate of drug-likeness (QED) is 0.00855. The maximum absolute atomic E-state index is 12.4. The van der Waals surface area contributed by atoms with Crippen LogP contribution < -0.4 is 57.8 Å². The molecule has 4 aromatic carbocycles. The molecule has 0 spiro atoms. The molecular formula is C81H88N12O32. The Morgan fingerprint density at radius 2 is 0.600 bits per heavy atom. The van der Waals surface area contributed by atoms with Crippen molar-refractivity contribution < 1.29 is 154 Å². The van der Waals surface area contributed by atoms with E-state index in [0.29, 0.717) is 28.0 Å². The summed E-state index contributed by atoms with van der Waals surface area (Å²) in [4.78, 5) is 175. The van der Waals surface area contributed by atoms with Gasteiger partial charge < -0.3 is 126 Å². The summed E-state index contributed by atoms with van der Waals surface area (Å²) in [5.41, 5.74) is 23.4. The molecule has 24 N–H and O–H groups in total. The second kappa shape index (κ2) is 47.6. The molecule has 0 radical (unpaired) electrons. The van der Waals surface area contributed by atoms with Gasteiger partial charge in [-0.15, -0.1) is 0 Å². The first-order valence-electron chi connectivity index (χ1n) is 36.9. The number of nitrogens with two attached hydrogens (primary N) is 4. The summed E-state index contributed by atoms with van der Waals surface area (Å²) in [5.74, 6) is -16.8. The van der Waals surface area contributed by atoms with Crippen molar-refractivity contribution in [2.24, 2.45) is 46.6 Å². The Balaban J connectivity index is 0.000000296. The molecule has 44 heteroatoms. The molecule has 0 aliphatic heterocycles. The van der Waals surface area contributed by atoms with E-state index in [-0.39, 0.29) is 125 Å². The number of nitrogens with one attached hydrogen (secondary N) is 7. The van der Waals surface area contributed by atoms with Crippen LogP contribution in [0.3, 0.4) is 0 Å². The van der Waals surface area contributed by atoms with Crippen LogP contribution in [0, 0.1) is 45.3 Å². The van der Waals surface area contributed by atoms with Crippen molar-refractivity contribution in [1.29, 1.82) is 21.6 Å². The number of carbonyl (C=O) groups is 15. The topological polar surface area (TPSA) is 766 Å². The predicted octanol–water partition coefficient (Wildman–Crippen LogP) is 3.59. The number of carboxylic acid groups (broad SMARTS) is 7. The van der Waals surface area contributed by atoms with E-state index in [0.717, 1.165) is 4.90 Å². The molecular weight excluding hydrogens is 1650 g/mol. The first kappa shape index (κ1) is 99.4. The highest BCUT2D eigenvalue weighted by Gasteiger charge is 2.32. The van der Waals surface area contributed by atoms with Crippen molar-refractivity contribution in [3.05, 3.63) is 214 Å². The smallest absolute Gasteiger partial charge is 0.379 e. The predicted molar refractivity (Wildman–Crippen MR) is 428 cm³/mol. The first-order chi connectivity index (χ1) is 58.7. The molecule has 7 atom stereocenters. The van der Waals surface area contributed by atoms with Gasteiger partial charge in [0.1, 0.15) is 94.6 Å². The summed E-state index contributed by atoms with van der Waals surface area (Å²) in [6.07, 6.45) is -3.66. The van der Waals surface area contributed by atoms with E-state index in [1.165, 1.54) is 166 Å². The third kappa shape index (κ3) is 33.9. The van der Waals surface area contributed by atoms with Gasteiger partial charge in [-0.3, -0.25) is 64.8 Å². The normalized spacial score (nSPS) is 12.2. The number of hydrogen-bond donors (Lipinski definition) is 20. The van der Waals surface area contributed by atoms with Crippen LogP contribution in [0.5, 0.6) is 23.0 Å². The summed E-state index contributed by atoms with van der Waals surface area (Å²) in [6.45, 7) is 4.60. The zero-order valence-corrected chi connectivity index (χ0v) is 66.7. The molecule has 664 valence electrons. The zero-order valence-electron chi connectivity index (χ0n) is 66.7. The van der Waals surface area contributed by atoms with Crippen LogP contribution in [-0.2, 0) is 78.4 Å². The number of hydrogen-bond acceptors (Lipinski definition) is 29. The third-order valence-corrected chi connectivity index (χ3v) is 17.1. The van der Waals surface area contributed by atoms with Crippen LogP contribution >= 0.6 is 0 Å². The van der Waals surface area contributed by atoms with E-state index in [9.17, 15) is 82.1 Å². The Kier molecular flexibility index (Phi) is 37.9. The number of carboxylic acids is 7. The van der Waals surface area contributed by atoms with Gasteiger partial charge in [-0.1, -0.05) is 27.7 Å². The maximum atomic E-state index is 12.4. The van der Waals surface area contributed by atoms with E-state index in [4.69, 9.17) is 117 Å². The van der Waals surface area contributed by atoms with Gasteiger partial charge >= 0.3 is 65.7 Å². The third-order valence-electron chi connectivity index (χ3n) is 17.1. The number of amidine groups is 4. The molecule has 125 heavy (non-hydrogen) atoms. The minimum atomic E-state index is -1.90. The number of amides is 4. The first-order valence-corrected chi connectivity index (χ1v) is 36.9. The fourth-order valence-corrected chi connectivity index (χ4v) is 10.5. The molecule has 4 aromatic heterocycles. The number of esters is 4. The van der Waals surface area contributed by atoms with Crippen LogP contribution in [0.2, 0.25) is 0 Å². The minimum Gasteiger partial charge on any atom is -0.481 e. The lowest BCUT2D eigenvalue weighted by Gasteiger charge is -2.22. The number of nitrogen functional groups attached to an aromatic ring is 4. The molecule has 4 amide bonds. The lowest BCUT2D eigenvalue weighted by molar-refractivity contribution is -0.151. The minimum absolute atomic E-state index is 0.0230. The number of furan rings is 4. The summed E-state index contributed by atoms with van der Waals surface area (Å²) >= 11 is 0. The number of ether oxygens (including phenoxy) is 4. The number of benzene rings is 4. The van der Waals surface area contributed by atoms with E-state index >= 15 is 0 Å². The van der Waals surface area contributed by atoms with Crippen molar-refractivity contribution >= 4 is 113 Å². The summed E-state index contributed by atoms with van der Waals surface area (Å²) < 4.78 is 42.4. The number of nitrogens with zero attached hydrogens (tertiary/aromatic N) is 1. The molecule has 8 rings (SSSR count). The van der Waals surface area contributed by atoms with Crippen LogP contribution in [0.4, 0.5) is 0 Å². The monoisotopic (exact) mass is 1740 g/mol.